The first-order valence-electron chi connectivity index (χ1n) is 5.54. The third-order valence-electron chi connectivity index (χ3n) is 2.45. The Kier molecular flexibility index (Phi) is 3.72. The Morgan fingerprint density at radius 3 is 2.33 bits per heavy atom. The van der Waals surface area contributed by atoms with Gasteiger partial charge in [-0.1, -0.05) is 47.6 Å². The molecule has 0 saturated carbocycles. The SMILES string of the molecule is [C-]#[N+]c1ccc(O/N=C(/C)c2ccccc2)cc1. The van der Waals surface area contributed by atoms with Gasteiger partial charge in [0, 0.05) is 0 Å². The van der Waals surface area contributed by atoms with E-state index in [9.17, 15) is 0 Å². The van der Waals surface area contributed by atoms with E-state index >= 15 is 0 Å². The maximum absolute atomic E-state index is 6.85. The fourth-order valence-electron chi connectivity index (χ4n) is 1.43. The molecule has 0 N–H and O–H groups in total. The number of benzene rings is 2. The van der Waals surface area contributed by atoms with Gasteiger partial charge in [0.1, 0.15) is 0 Å². The fraction of sp³-hybridized carbons (Fsp3) is 0.0667. The van der Waals surface area contributed by atoms with Crippen LogP contribution in [0.3, 0.4) is 0 Å². The van der Waals surface area contributed by atoms with E-state index in [1.165, 1.54) is 0 Å². The zero-order valence-electron chi connectivity index (χ0n) is 10.00. The van der Waals surface area contributed by atoms with Crippen LogP contribution in [-0.2, 0) is 0 Å². The van der Waals surface area contributed by atoms with Crippen molar-refractivity contribution in [2.45, 2.75) is 6.92 Å². The van der Waals surface area contributed by atoms with Crippen molar-refractivity contribution in [2.24, 2.45) is 5.16 Å². The van der Waals surface area contributed by atoms with Gasteiger partial charge in [-0.3, -0.25) is 0 Å². The van der Waals surface area contributed by atoms with Crippen molar-refractivity contribution < 1.29 is 4.84 Å². The van der Waals surface area contributed by atoms with Gasteiger partial charge in [-0.2, -0.15) is 0 Å². The third-order valence-corrected chi connectivity index (χ3v) is 2.45. The monoisotopic (exact) mass is 236 g/mol. The molecule has 0 radical (unpaired) electrons. The van der Waals surface area contributed by atoms with Crippen molar-refractivity contribution in [3.05, 3.63) is 71.6 Å². The van der Waals surface area contributed by atoms with E-state index in [0.717, 1.165) is 11.3 Å². The minimum absolute atomic E-state index is 0.589. The van der Waals surface area contributed by atoms with Gasteiger partial charge in [0.05, 0.1) is 12.3 Å². The lowest BCUT2D eigenvalue weighted by Gasteiger charge is -2.01. The molecule has 2 rings (SSSR count). The second kappa shape index (κ2) is 5.65. The van der Waals surface area contributed by atoms with Crippen LogP contribution in [0.15, 0.2) is 59.8 Å². The summed E-state index contributed by atoms with van der Waals surface area (Å²) >= 11 is 0. The van der Waals surface area contributed by atoms with Crippen molar-refractivity contribution in [1.29, 1.82) is 0 Å². The van der Waals surface area contributed by atoms with Gasteiger partial charge in [-0.25, -0.2) is 4.85 Å². The molecule has 0 spiro atoms. The molecule has 0 amide bonds. The van der Waals surface area contributed by atoms with Crippen LogP contribution in [0.5, 0.6) is 5.75 Å². The van der Waals surface area contributed by atoms with Crippen molar-refractivity contribution in [2.75, 3.05) is 0 Å². The molecule has 0 unspecified atom stereocenters. The van der Waals surface area contributed by atoms with Crippen LogP contribution in [0.25, 0.3) is 4.85 Å². The molecule has 0 aromatic heterocycles. The predicted octanol–water partition coefficient (Wildman–Crippen LogP) is 4.04. The van der Waals surface area contributed by atoms with E-state index in [1.54, 1.807) is 24.3 Å². The summed E-state index contributed by atoms with van der Waals surface area (Å²) in [6, 6.07) is 16.7. The van der Waals surface area contributed by atoms with Crippen LogP contribution in [0, 0.1) is 6.57 Å². The molecule has 0 aliphatic rings. The van der Waals surface area contributed by atoms with Crippen molar-refractivity contribution >= 4 is 11.4 Å². The predicted molar refractivity (Wildman–Crippen MR) is 72.0 cm³/mol. The summed E-state index contributed by atoms with van der Waals surface area (Å²) < 4.78 is 0. The average Bonchev–Trinajstić information content (AvgIpc) is 2.46. The van der Waals surface area contributed by atoms with E-state index in [4.69, 9.17) is 11.4 Å². The van der Waals surface area contributed by atoms with Gasteiger partial charge < -0.3 is 4.84 Å². The van der Waals surface area contributed by atoms with Gasteiger partial charge in [-0.05, 0) is 24.6 Å². The normalized spacial score (nSPS) is 10.8. The Labute approximate surface area is 106 Å². The van der Waals surface area contributed by atoms with Crippen LogP contribution < -0.4 is 4.84 Å². The van der Waals surface area contributed by atoms with Gasteiger partial charge >= 0.3 is 0 Å². The molecule has 0 atom stereocenters. The van der Waals surface area contributed by atoms with Crippen LogP contribution in [0.4, 0.5) is 5.69 Å². The molecule has 2 aromatic carbocycles. The maximum Gasteiger partial charge on any atom is 0.187 e. The molecule has 0 bridgehead atoms. The van der Waals surface area contributed by atoms with Crippen molar-refractivity contribution in [3.8, 4) is 5.75 Å². The Morgan fingerprint density at radius 2 is 1.72 bits per heavy atom. The zero-order valence-corrected chi connectivity index (χ0v) is 10.00. The van der Waals surface area contributed by atoms with Crippen LogP contribution in [0.1, 0.15) is 12.5 Å². The minimum Gasteiger partial charge on any atom is -0.357 e. The number of oxime groups is 1. The highest BCUT2D eigenvalue weighted by molar-refractivity contribution is 5.98. The molecule has 0 fully saturated rings. The van der Waals surface area contributed by atoms with Crippen LogP contribution in [0.2, 0.25) is 0 Å². The van der Waals surface area contributed by atoms with Gasteiger partial charge in [0.2, 0.25) is 0 Å². The summed E-state index contributed by atoms with van der Waals surface area (Å²) in [6.07, 6.45) is 0. The highest BCUT2D eigenvalue weighted by atomic mass is 16.6. The quantitative estimate of drug-likeness (QED) is 0.448. The summed E-state index contributed by atoms with van der Waals surface area (Å²) in [5.74, 6) is 0.623. The number of hydrogen-bond donors (Lipinski definition) is 0. The first-order valence-corrected chi connectivity index (χ1v) is 5.54. The van der Waals surface area contributed by atoms with Crippen molar-refractivity contribution in [1.82, 2.24) is 0 Å². The largest absolute Gasteiger partial charge is 0.357 e. The van der Waals surface area contributed by atoms with Crippen LogP contribution in [-0.4, -0.2) is 5.71 Å². The second-order valence-corrected chi connectivity index (χ2v) is 3.74. The Balaban J connectivity index is 2.08. The molecule has 18 heavy (non-hydrogen) atoms. The van der Waals surface area contributed by atoms with Gasteiger partial charge in [-0.15, -0.1) is 0 Å². The summed E-state index contributed by atoms with van der Waals surface area (Å²) in [4.78, 5) is 8.62. The summed E-state index contributed by atoms with van der Waals surface area (Å²) in [7, 11) is 0. The first kappa shape index (κ1) is 11.9. The number of rotatable bonds is 3. The van der Waals surface area contributed by atoms with E-state index in [1.807, 2.05) is 37.3 Å². The van der Waals surface area contributed by atoms with E-state index in [2.05, 4.69) is 10.0 Å². The fourth-order valence-corrected chi connectivity index (χ4v) is 1.43. The maximum atomic E-state index is 6.85. The van der Waals surface area contributed by atoms with Crippen LogP contribution >= 0.6 is 0 Å². The summed E-state index contributed by atoms with van der Waals surface area (Å²) in [6.45, 7) is 8.75. The molecular formula is C15H12N2O. The molecule has 3 heteroatoms. The molecule has 0 heterocycles. The third kappa shape index (κ3) is 2.96. The highest BCUT2D eigenvalue weighted by Crippen LogP contribution is 2.18. The molecule has 0 saturated heterocycles. The molecular weight excluding hydrogens is 224 g/mol. The van der Waals surface area contributed by atoms with Crippen molar-refractivity contribution in [3.63, 3.8) is 0 Å². The molecule has 0 aliphatic heterocycles. The highest BCUT2D eigenvalue weighted by Gasteiger charge is 1.97. The van der Waals surface area contributed by atoms with E-state index < -0.39 is 0 Å². The number of hydrogen-bond acceptors (Lipinski definition) is 2. The van der Waals surface area contributed by atoms with Gasteiger partial charge in [0.25, 0.3) is 0 Å². The Morgan fingerprint density at radius 1 is 1.06 bits per heavy atom. The summed E-state index contributed by atoms with van der Waals surface area (Å²) in [5.41, 5.74) is 2.42. The molecule has 3 nitrogen and oxygen atoms in total. The number of nitrogens with zero attached hydrogens (tertiary/aromatic N) is 2. The molecule has 2 aromatic rings. The lowest BCUT2D eigenvalue weighted by Crippen LogP contribution is -1.97. The standard InChI is InChI=1S/C15H12N2O/c1-12(13-6-4-3-5-7-13)17-18-15-10-8-14(16-2)9-11-15/h3-11H,1H3/b17-12-. The van der Waals surface area contributed by atoms with E-state index in [0.29, 0.717) is 11.4 Å². The minimum atomic E-state index is 0.589. The lowest BCUT2D eigenvalue weighted by molar-refractivity contribution is 0.341. The second-order valence-electron chi connectivity index (χ2n) is 3.74. The molecule has 88 valence electrons. The van der Waals surface area contributed by atoms with E-state index in [-0.39, 0.29) is 0 Å². The molecule has 0 aliphatic carbocycles. The summed E-state index contributed by atoms with van der Waals surface area (Å²) in [5, 5.41) is 4.06. The Hall–Kier alpha value is -2.60. The van der Waals surface area contributed by atoms with Gasteiger partial charge in [0.15, 0.2) is 11.4 Å². The average molecular weight is 236 g/mol. The lowest BCUT2D eigenvalue weighted by atomic mass is 10.1. The smallest absolute Gasteiger partial charge is 0.187 e. The topological polar surface area (TPSA) is 25.9 Å². The first-order chi connectivity index (χ1) is 8.79. The zero-order chi connectivity index (χ0) is 12.8. The Bertz CT molecular complexity index is 580.